The van der Waals surface area contributed by atoms with Crippen LogP contribution in [0, 0.1) is 11.7 Å². The molecule has 0 fully saturated rings. The summed E-state index contributed by atoms with van der Waals surface area (Å²) in [5.41, 5.74) is 0.762. The number of halogens is 2. The number of Topliss-reactive ketones (excluding diaryl/α,β-unsaturated/α-hetero) is 1. The highest BCUT2D eigenvalue weighted by Gasteiger charge is 2.34. The van der Waals surface area contributed by atoms with Gasteiger partial charge in [0.1, 0.15) is 5.82 Å². The summed E-state index contributed by atoms with van der Waals surface area (Å²) in [4.78, 5) is 23.1. The van der Waals surface area contributed by atoms with Crippen LogP contribution in [0.1, 0.15) is 22.3 Å². The number of benzene rings is 1. The molecule has 0 unspecified atom stereocenters. The van der Waals surface area contributed by atoms with Crippen LogP contribution in [0.4, 0.5) is 4.39 Å². The van der Waals surface area contributed by atoms with Gasteiger partial charge in [-0.3, -0.25) is 9.59 Å². The zero-order chi connectivity index (χ0) is 12.6. The van der Waals surface area contributed by atoms with Gasteiger partial charge in [0.25, 0.3) is 0 Å². The van der Waals surface area contributed by atoms with E-state index in [1.807, 2.05) is 0 Å². The number of hydrogen-bond acceptors (Lipinski definition) is 3. The monoisotopic (exact) mass is 300 g/mol. The topological polar surface area (TPSA) is 43.4 Å². The van der Waals surface area contributed by atoms with Crippen molar-refractivity contribution in [3.63, 3.8) is 0 Å². The lowest BCUT2D eigenvalue weighted by molar-refractivity contribution is -0.141. The second-order valence-electron chi connectivity index (χ2n) is 3.96. The number of fused-ring (bicyclic) bond motifs is 1. The van der Waals surface area contributed by atoms with Gasteiger partial charge in [0, 0.05) is 16.0 Å². The van der Waals surface area contributed by atoms with Gasteiger partial charge >= 0.3 is 5.97 Å². The van der Waals surface area contributed by atoms with Crippen molar-refractivity contribution in [2.45, 2.75) is 12.8 Å². The Hall–Kier alpha value is -1.23. The maximum absolute atomic E-state index is 13.6. The molecule has 0 bridgehead atoms. The SMILES string of the molecule is COC(=O)C[C@H]1Cc2c(F)cc(Br)cc2C1=O. The van der Waals surface area contributed by atoms with E-state index < -0.39 is 17.7 Å². The van der Waals surface area contributed by atoms with Crippen molar-refractivity contribution in [2.75, 3.05) is 7.11 Å². The first kappa shape index (κ1) is 12.2. The van der Waals surface area contributed by atoms with Gasteiger partial charge in [0.05, 0.1) is 13.5 Å². The molecule has 17 heavy (non-hydrogen) atoms. The van der Waals surface area contributed by atoms with Gasteiger partial charge in [-0.1, -0.05) is 15.9 Å². The number of carbonyl (C=O) groups is 2. The number of carbonyl (C=O) groups excluding carboxylic acids is 2. The summed E-state index contributed by atoms with van der Waals surface area (Å²) in [5, 5.41) is 0. The van der Waals surface area contributed by atoms with Crippen LogP contribution in [0.15, 0.2) is 16.6 Å². The largest absolute Gasteiger partial charge is 0.469 e. The minimum Gasteiger partial charge on any atom is -0.469 e. The third kappa shape index (κ3) is 2.24. The fraction of sp³-hybridized carbons (Fsp3) is 0.333. The van der Waals surface area contributed by atoms with E-state index in [2.05, 4.69) is 20.7 Å². The number of hydrogen-bond donors (Lipinski definition) is 0. The summed E-state index contributed by atoms with van der Waals surface area (Å²) in [7, 11) is 1.27. The zero-order valence-corrected chi connectivity index (χ0v) is 10.7. The van der Waals surface area contributed by atoms with Gasteiger partial charge < -0.3 is 4.74 Å². The summed E-state index contributed by atoms with van der Waals surface area (Å²) in [6.07, 6.45) is 0.267. The number of ketones is 1. The minimum absolute atomic E-state index is 0.00106. The Morgan fingerprint density at radius 3 is 2.94 bits per heavy atom. The van der Waals surface area contributed by atoms with Gasteiger partial charge in [-0.15, -0.1) is 0 Å². The predicted octanol–water partition coefficient (Wildman–Crippen LogP) is 2.51. The molecule has 0 spiro atoms. The van der Waals surface area contributed by atoms with Crippen molar-refractivity contribution in [3.8, 4) is 0 Å². The van der Waals surface area contributed by atoms with Gasteiger partial charge in [-0.2, -0.15) is 0 Å². The average Bonchev–Trinajstić information content (AvgIpc) is 2.57. The highest BCUT2D eigenvalue weighted by atomic mass is 79.9. The molecule has 0 radical (unpaired) electrons. The van der Waals surface area contributed by atoms with Gasteiger partial charge in [-0.25, -0.2) is 4.39 Å². The maximum Gasteiger partial charge on any atom is 0.306 e. The second kappa shape index (κ2) is 4.56. The number of methoxy groups -OCH3 is 1. The summed E-state index contributed by atoms with van der Waals surface area (Å²) in [5.74, 6) is -1.54. The molecular weight excluding hydrogens is 291 g/mol. The first-order chi connectivity index (χ1) is 8.02. The first-order valence-corrected chi connectivity index (χ1v) is 5.91. The van der Waals surface area contributed by atoms with Crippen LogP contribution in [0.5, 0.6) is 0 Å². The summed E-state index contributed by atoms with van der Waals surface area (Å²) >= 11 is 3.14. The van der Waals surface area contributed by atoms with E-state index in [1.54, 1.807) is 6.07 Å². The van der Waals surface area contributed by atoms with Crippen LogP contribution in [-0.2, 0) is 16.0 Å². The van der Waals surface area contributed by atoms with Crippen LogP contribution in [0.2, 0.25) is 0 Å². The van der Waals surface area contributed by atoms with E-state index in [4.69, 9.17) is 0 Å². The van der Waals surface area contributed by atoms with E-state index in [0.717, 1.165) is 0 Å². The Kier molecular flexibility index (Phi) is 3.28. The lowest BCUT2D eigenvalue weighted by Gasteiger charge is -2.04. The fourth-order valence-corrected chi connectivity index (χ4v) is 2.47. The lowest BCUT2D eigenvalue weighted by Crippen LogP contribution is -2.15. The Morgan fingerprint density at radius 1 is 1.59 bits per heavy atom. The minimum atomic E-state index is -0.499. The van der Waals surface area contributed by atoms with Crippen LogP contribution in [-0.4, -0.2) is 18.9 Å². The molecule has 0 saturated heterocycles. The molecule has 2 rings (SSSR count). The van der Waals surface area contributed by atoms with Crippen LogP contribution in [0.25, 0.3) is 0 Å². The second-order valence-corrected chi connectivity index (χ2v) is 4.87. The Labute approximate surface area is 106 Å². The molecule has 1 aromatic carbocycles. The highest BCUT2D eigenvalue weighted by Crippen LogP contribution is 2.33. The average molecular weight is 301 g/mol. The lowest BCUT2D eigenvalue weighted by atomic mass is 10.0. The molecule has 0 N–H and O–H groups in total. The Morgan fingerprint density at radius 2 is 2.29 bits per heavy atom. The van der Waals surface area contributed by atoms with Crippen molar-refractivity contribution >= 4 is 27.7 Å². The summed E-state index contributed by atoms with van der Waals surface area (Å²) in [6, 6.07) is 2.92. The van der Waals surface area contributed by atoms with Crippen molar-refractivity contribution in [1.29, 1.82) is 0 Å². The normalized spacial score (nSPS) is 18.1. The van der Waals surface area contributed by atoms with Gasteiger partial charge in [0.2, 0.25) is 0 Å². The van der Waals surface area contributed by atoms with Crippen molar-refractivity contribution in [3.05, 3.63) is 33.5 Å². The summed E-state index contributed by atoms with van der Waals surface area (Å²) in [6.45, 7) is 0. The number of esters is 1. The van der Waals surface area contributed by atoms with Crippen LogP contribution in [0.3, 0.4) is 0 Å². The molecule has 0 aliphatic heterocycles. The van der Waals surface area contributed by atoms with Crippen LogP contribution < -0.4 is 0 Å². The molecule has 90 valence electrons. The highest BCUT2D eigenvalue weighted by molar-refractivity contribution is 9.10. The molecule has 1 aromatic rings. The quantitative estimate of drug-likeness (QED) is 0.788. The molecule has 0 amide bonds. The number of ether oxygens (including phenoxy) is 1. The molecule has 0 heterocycles. The number of rotatable bonds is 2. The van der Waals surface area contributed by atoms with E-state index in [-0.39, 0.29) is 18.6 Å². The maximum atomic E-state index is 13.6. The molecule has 1 aliphatic rings. The van der Waals surface area contributed by atoms with Crippen molar-refractivity contribution in [1.82, 2.24) is 0 Å². The van der Waals surface area contributed by atoms with Gasteiger partial charge in [-0.05, 0) is 24.1 Å². The molecule has 0 saturated carbocycles. The predicted molar refractivity (Wildman–Crippen MR) is 62.3 cm³/mol. The molecule has 0 aromatic heterocycles. The molecule has 5 heteroatoms. The third-order valence-electron chi connectivity index (χ3n) is 2.89. The zero-order valence-electron chi connectivity index (χ0n) is 9.13. The van der Waals surface area contributed by atoms with E-state index in [1.165, 1.54) is 13.2 Å². The molecule has 1 aliphatic carbocycles. The van der Waals surface area contributed by atoms with E-state index >= 15 is 0 Å². The van der Waals surface area contributed by atoms with Crippen molar-refractivity contribution in [2.24, 2.45) is 5.92 Å². The Balaban J connectivity index is 2.29. The van der Waals surface area contributed by atoms with E-state index in [9.17, 15) is 14.0 Å². The fourth-order valence-electron chi connectivity index (χ4n) is 2.04. The molecule has 3 nitrogen and oxygen atoms in total. The van der Waals surface area contributed by atoms with Gasteiger partial charge in [0.15, 0.2) is 5.78 Å². The molecular formula is C12H10BrFO3. The van der Waals surface area contributed by atoms with Crippen LogP contribution >= 0.6 is 15.9 Å². The Bertz CT molecular complexity index is 499. The first-order valence-electron chi connectivity index (χ1n) is 5.12. The third-order valence-corrected chi connectivity index (χ3v) is 3.35. The smallest absolute Gasteiger partial charge is 0.306 e. The standard InChI is InChI=1S/C12H10BrFO3/c1-17-11(15)3-6-2-8-9(12(6)16)4-7(13)5-10(8)14/h4-6H,2-3H2,1H3/t6-/m1/s1. The van der Waals surface area contributed by atoms with E-state index in [0.29, 0.717) is 15.6 Å². The summed E-state index contributed by atoms with van der Waals surface area (Å²) < 4.78 is 18.7. The molecule has 1 atom stereocenters. The van der Waals surface area contributed by atoms with Crippen molar-refractivity contribution < 1.29 is 18.7 Å².